The summed E-state index contributed by atoms with van der Waals surface area (Å²) in [5.74, 6) is 0.0573. The summed E-state index contributed by atoms with van der Waals surface area (Å²) in [6.45, 7) is 0.410. The fraction of sp³-hybridized carbons (Fsp3) is 0.267. The Morgan fingerprint density at radius 2 is 1.54 bits per heavy atom. The van der Waals surface area contributed by atoms with Gasteiger partial charge in [-0.05, 0) is 24.3 Å². The van der Waals surface area contributed by atoms with Crippen molar-refractivity contribution in [3.63, 3.8) is 0 Å². The first-order chi connectivity index (χ1) is 12.0. The van der Waals surface area contributed by atoms with E-state index in [4.69, 9.17) is 17.3 Å². The quantitative estimate of drug-likeness (QED) is 0.381. The second kappa shape index (κ2) is 7.48. The van der Waals surface area contributed by atoms with Crippen LogP contribution in [0.25, 0.3) is 0 Å². The summed E-state index contributed by atoms with van der Waals surface area (Å²) in [6.07, 6.45) is -8.38. The molecule has 0 spiro atoms. The highest BCUT2D eigenvalue weighted by atomic mass is 35.5. The number of hydrogen-bond donors (Lipinski definition) is 3. The Bertz CT molecular complexity index is 710. The molecule has 0 amide bonds. The Morgan fingerprint density at radius 1 is 0.923 bits per heavy atom. The third kappa shape index (κ3) is 5.07. The number of nitrogens with one attached hydrogen (secondary N) is 2. The van der Waals surface area contributed by atoms with Crippen LogP contribution < -0.4 is 16.4 Å². The van der Waals surface area contributed by atoms with Crippen LogP contribution in [-0.2, 0) is 12.4 Å². The van der Waals surface area contributed by atoms with Crippen LogP contribution in [0, 0.1) is 0 Å². The number of hydrogen-bond acceptors (Lipinski definition) is 4. The SMILES string of the molecule is Nc1cc(C(F)(F)F)ccc1NCCNc1ncc(C(F)(F)F)cc1Cl. The highest BCUT2D eigenvalue weighted by molar-refractivity contribution is 6.32. The van der Waals surface area contributed by atoms with Gasteiger partial charge in [-0.1, -0.05) is 11.6 Å². The summed E-state index contributed by atoms with van der Waals surface area (Å²) in [6, 6.07) is 3.64. The number of anilines is 3. The fourth-order valence-electron chi connectivity index (χ4n) is 2.00. The molecule has 1 aromatic heterocycles. The summed E-state index contributed by atoms with van der Waals surface area (Å²) in [5.41, 5.74) is 3.96. The third-order valence-corrected chi connectivity index (χ3v) is 3.57. The molecule has 4 N–H and O–H groups in total. The molecular weight excluding hydrogens is 386 g/mol. The molecule has 4 nitrogen and oxygen atoms in total. The molecule has 0 unspecified atom stereocenters. The maximum atomic E-state index is 12.6. The van der Waals surface area contributed by atoms with Gasteiger partial charge in [0, 0.05) is 19.3 Å². The van der Waals surface area contributed by atoms with Crippen LogP contribution in [0.4, 0.5) is 43.5 Å². The first-order valence-corrected chi connectivity index (χ1v) is 7.53. The molecule has 0 aliphatic carbocycles. The van der Waals surface area contributed by atoms with Crippen molar-refractivity contribution < 1.29 is 26.3 Å². The molecule has 0 radical (unpaired) electrons. The van der Waals surface area contributed by atoms with Crippen molar-refractivity contribution in [2.24, 2.45) is 0 Å². The summed E-state index contributed by atoms with van der Waals surface area (Å²) < 4.78 is 75.2. The van der Waals surface area contributed by atoms with E-state index in [1.54, 1.807) is 0 Å². The van der Waals surface area contributed by atoms with Crippen molar-refractivity contribution in [2.45, 2.75) is 12.4 Å². The number of alkyl halides is 6. The van der Waals surface area contributed by atoms with Gasteiger partial charge in [0.05, 0.1) is 27.5 Å². The first-order valence-electron chi connectivity index (χ1n) is 7.15. The Hall–Kier alpha value is -2.36. The Balaban J connectivity index is 1.91. The number of nitrogens with zero attached hydrogens (tertiary/aromatic N) is 1. The molecule has 1 aromatic carbocycles. The molecule has 1 heterocycles. The van der Waals surface area contributed by atoms with Crippen molar-refractivity contribution in [3.8, 4) is 0 Å². The van der Waals surface area contributed by atoms with Crippen LogP contribution in [0.5, 0.6) is 0 Å². The molecule has 0 saturated carbocycles. The molecule has 0 aliphatic heterocycles. The van der Waals surface area contributed by atoms with Gasteiger partial charge in [0.15, 0.2) is 0 Å². The van der Waals surface area contributed by atoms with Gasteiger partial charge in [0.25, 0.3) is 0 Å². The van der Waals surface area contributed by atoms with Crippen LogP contribution in [0.3, 0.4) is 0 Å². The average molecular weight is 399 g/mol. The summed E-state index contributed by atoms with van der Waals surface area (Å²) in [4.78, 5) is 3.60. The molecule has 0 atom stereocenters. The van der Waals surface area contributed by atoms with Gasteiger partial charge in [-0.25, -0.2) is 4.98 Å². The predicted molar refractivity (Wildman–Crippen MR) is 87.1 cm³/mol. The minimum Gasteiger partial charge on any atom is -0.397 e. The fourth-order valence-corrected chi connectivity index (χ4v) is 2.23. The van der Waals surface area contributed by atoms with Crippen LogP contribution in [0.1, 0.15) is 11.1 Å². The smallest absolute Gasteiger partial charge is 0.397 e. The van der Waals surface area contributed by atoms with Crippen molar-refractivity contribution in [2.75, 3.05) is 29.5 Å². The number of aromatic nitrogens is 1. The van der Waals surface area contributed by atoms with E-state index in [9.17, 15) is 26.3 Å². The number of benzene rings is 1. The molecule has 0 bridgehead atoms. The zero-order chi connectivity index (χ0) is 19.5. The average Bonchev–Trinajstić information content (AvgIpc) is 2.52. The van der Waals surface area contributed by atoms with E-state index in [2.05, 4.69) is 15.6 Å². The topological polar surface area (TPSA) is 63.0 Å². The second-order valence-electron chi connectivity index (χ2n) is 5.21. The third-order valence-electron chi connectivity index (χ3n) is 3.28. The minimum atomic E-state index is -4.54. The lowest BCUT2D eigenvalue weighted by Crippen LogP contribution is -2.16. The normalized spacial score (nSPS) is 12.1. The van der Waals surface area contributed by atoms with Gasteiger partial charge < -0.3 is 16.4 Å². The van der Waals surface area contributed by atoms with Crippen LogP contribution >= 0.6 is 11.6 Å². The summed E-state index contributed by atoms with van der Waals surface area (Å²) in [5, 5.41) is 5.33. The van der Waals surface area contributed by atoms with Crippen molar-refractivity contribution in [1.29, 1.82) is 0 Å². The van der Waals surface area contributed by atoms with Gasteiger partial charge in [-0.3, -0.25) is 0 Å². The lowest BCUT2D eigenvalue weighted by Gasteiger charge is -2.14. The summed E-state index contributed by atoms with van der Waals surface area (Å²) >= 11 is 5.74. The molecule has 26 heavy (non-hydrogen) atoms. The molecule has 2 rings (SSSR count). The first kappa shape index (κ1) is 20.0. The zero-order valence-electron chi connectivity index (χ0n) is 13.0. The molecule has 0 saturated heterocycles. The molecule has 142 valence electrons. The monoisotopic (exact) mass is 398 g/mol. The van der Waals surface area contributed by atoms with E-state index in [0.717, 1.165) is 18.2 Å². The molecule has 2 aromatic rings. The van der Waals surface area contributed by atoms with Crippen molar-refractivity contribution >= 4 is 28.8 Å². The number of nitrogen functional groups attached to an aromatic ring is 1. The lowest BCUT2D eigenvalue weighted by atomic mass is 10.1. The van der Waals surface area contributed by atoms with Gasteiger partial charge in [-0.15, -0.1) is 0 Å². The standard InChI is InChI=1S/C15H13ClF6N4/c16-10-5-9(15(20,21)22)7-26-13(10)25-4-3-24-12-2-1-8(6-11(12)23)14(17,18)19/h1-2,5-7,24H,3-4,23H2,(H,25,26). The van der Waals surface area contributed by atoms with Gasteiger partial charge in [-0.2, -0.15) is 26.3 Å². The maximum Gasteiger partial charge on any atom is 0.417 e. The Morgan fingerprint density at radius 3 is 2.08 bits per heavy atom. The summed E-state index contributed by atoms with van der Waals surface area (Å²) in [7, 11) is 0. The Kier molecular flexibility index (Phi) is 5.74. The van der Waals surface area contributed by atoms with Gasteiger partial charge in [0.2, 0.25) is 0 Å². The van der Waals surface area contributed by atoms with E-state index >= 15 is 0 Å². The Labute approximate surface area is 149 Å². The van der Waals surface area contributed by atoms with Crippen molar-refractivity contribution in [3.05, 3.63) is 46.6 Å². The molecule has 0 fully saturated rings. The molecule has 11 heteroatoms. The highest BCUT2D eigenvalue weighted by Crippen LogP contribution is 2.33. The van der Waals surface area contributed by atoms with Crippen LogP contribution in [0.15, 0.2) is 30.5 Å². The van der Waals surface area contributed by atoms with E-state index < -0.39 is 23.5 Å². The number of pyridine rings is 1. The largest absolute Gasteiger partial charge is 0.417 e. The van der Waals surface area contributed by atoms with E-state index in [-0.39, 0.29) is 29.6 Å². The predicted octanol–water partition coefficient (Wildman–Crippen LogP) is 4.88. The number of rotatable bonds is 5. The lowest BCUT2D eigenvalue weighted by molar-refractivity contribution is -0.138. The number of halogens is 7. The maximum absolute atomic E-state index is 12.6. The second-order valence-corrected chi connectivity index (χ2v) is 5.61. The van der Waals surface area contributed by atoms with E-state index in [0.29, 0.717) is 11.9 Å². The van der Waals surface area contributed by atoms with Crippen LogP contribution in [0.2, 0.25) is 5.02 Å². The van der Waals surface area contributed by atoms with Crippen molar-refractivity contribution in [1.82, 2.24) is 4.98 Å². The highest BCUT2D eigenvalue weighted by Gasteiger charge is 2.32. The van der Waals surface area contributed by atoms with Crippen LogP contribution in [-0.4, -0.2) is 18.1 Å². The number of nitrogens with two attached hydrogens (primary N) is 1. The molecular formula is C15H13ClF6N4. The molecule has 0 aliphatic rings. The van der Waals surface area contributed by atoms with E-state index in [1.165, 1.54) is 6.07 Å². The van der Waals surface area contributed by atoms with E-state index in [1.807, 2.05) is 0 Å². The minimum absolute atomic E-state index is 0.0573. The zero-order valence-corrected chi connectivity index (χ0v) is 13.7. The van der Waals surface area contributed by atoms with Gasteiger partial charge in [0.1, 0.15) is 5.82 Å². The van der Waals surface area contributed by atoms with Gasteiger partial charge >= 0.3 is 12.4 Å².